The van der Waals surface area contributed by atoms with Gasteiger partial charge in [-0.05, 0) is 59.3 Å². The smallest absolute Gasteiger partial charge is 0.317 e. The number of hydrogen-bond donors (Lipinski definition) is 1. The zero-order valence-corrected chi connectivity index (χ0v) is 17.1. The van der Waals surface area contributed by atoms with Gasteiger partial charge in [-0.3, -0.25) is 0 Å². The molecule has 2 aliphatic heterocycles. The normalized spacial score (nSPS) is 26.5. The number of urea groups is 1. The van der Waals surface area contributed by atoms with Crippen LogP contribution in [-0.2, 0) is 14.8 Å². The van der Waals surface area contributed by atoms with E-state index < -0.39 is 10.0 Å². The van der Waals surface area contributed by atoms with Crippen molar-refractivity contribution in [1.29, 1.82) is 0 Å². The number of piperidine rings is 1. The molecule has 2 amide bonds. The standard InChI is InChI=1S/C18H33N3O4S/c1-4-26(23,24)21(15-5-6-15)16-7-12-25-18(13-16)8-10-20(11-9-18)17(22)19-14(2)3/h14-16H,4-13H2,1-3H3,(H,19,22). The average molecular weight is 388 g/mol. The number of carbonyl (C=O) groups excluding carboxylic acids is 1. The van der Waals surface area contributed by atoms with Crippen LogP contribution in [0.15, 0.2) is 0 Å². The predicted molar refractivity (Wildman–Crippen MR) is 101 cm³/mol. The van der Waals surface area contributed by atoms with Crippen LogP contribution in [0, 0.1) is 0 Å². The summed E-state index contributed by atoms with van der Waals surface area (Å²) >= 11 is 0. The minimum Gasteiger partial charge on any atom is -0.375 e. The van der Waals surface area contributed by atoms with Gasteiger partial charge in [0.25, 0.3) is 0 Å². The van der Waals surface area contributed by atoms with Gasteiger partial charge in [0, 0.05) is 37.8 Å². The first-order valence-corrected chi connectivity index (χ1v) is 11.6. The molecule has 2 heterocycles. The van der Waals surface area contributed by atoms with E-state index in [0.29, 0.717) is 19.7 Å². The van der Waals surface area contributed by atoms with E-state index in [0.717, 1.165) is 38.5 Å². The summed E-state index contributed by atoms with van der Waals surface area (Å²) in [6, 6.07) is 0.338. The molecule has 0 aromatic carbocycles. The van der Waals surface area contributed by atoms with Crippen LogP contribution >= 0.6 is 0 Å². The van der Waals surface area contributed by atoms with Crippen molar-refractivity contribution in [3.05, 3.63) is 0 Å². The van der Waals surface area contributed by atoms with Crippen molar-refractivity contribution < 1.29 is 17.9 Å². The van der Waals surface area contributed by atoms with Crippen LogP contribution in [0.5, 0.6) is 0 Å². The van der Waals surface area contributed by atoms with Gasteiger partial charge in [0.15, 0.2) is 0 Å². The maximum Gasteiger partial charge on any atom is 0.317 e. The third-order valence-corrected chi connectivity index (χ3v) is 7.76. The van der Waals surface area contributed by atoms with Crippen LogP contribution in [0.2, 0.25) is 0 Å². The van der Waals surface area contributed by atoms with E-state index >= 15 is 0 Å². The minimum absolute atomic E-state index is 0.0182. The van der Waals surface area contributed by atoms with Gasteiger partial charge in [0.1, 0.15) is 0 Å². The molecule has 3 fully saturated rings. The number of ether oxygens (including phenoxy) is 1. The summed E-state index contributed by atoms with van der Waals surface area (Å²) in [6.07, 6.45) is 5.04. The van der Waals surface area contributed by atoms with Crippen molar-refractivity contribution in [3.63, 3.8) is 0 Å². The SMILES string of the molecule is CCS(=O)(=O)N(C1CC1)C1CCOC2(CCN(C(=O)NC(C)C)CC2)C1. The van der Waals surface area contributed by atoms with Crippen molar-refractivity contribution in [3.8, 4) is 0 Å². The van der Waals surface area contributed by atoms with E-state index in [1.807, 2.05) is 18.7 Å². The van der Waals surface area contributed by atoms with Gasteiger partial charge in [-0.15, -0.1) is 0 Å². The quantitative estimate of drug-likeness (QED) is 0.782. The third kappa shape index (κ3) is 4.34. The van der Waals surface area contributed by atoms with Gasteiger partial charge in [-0.2, -0.15) is 4.31 Å². The van der Waals surface area contributed by atoms with E-state index in [9.17, 15) is 13.2 Å². The molecule has 0 aromatic heterocycles. The highest BCUT2D eigenvalue weighted by molar-refractivity contribution is 7.89. The van der Waals surface area contributed by atoms with E-state index in [4.69, 9.17) is 4.74 Å². The second-order valence-corrected chi connectivity index (χ2v) is 10.4. The van der Waals surface area contributed by atoms with E-state index in [1.54, 1.807) is 11.2 Å². The third-order valence-electron chi connectivity index (χ3n) is 5.79. The Morgan fingerprint density at radius 3 is 2.42 bits per heavy atom. The first-order valence-electron chi connectivity index (χ1n) is 9.97. The molecule has 1 atom stereocenters. The fourth-order valence-electron chi connectivity index (χ4n) is 4.25. The number of likely N-dealkylation sites (tertiary alicyclic amines) is 1. The molecule has 3 rings (SSSR count). The molecule has 7 nitrogen and oxygen atoms in total. The summed E-state index contributed by atoms with van der Waals surface area (Å²) in [6.45, 7) is 7.57. The Bertz CT molecular complexity index is 610. The molecule has 150 valence electrons. The molecule has 8 heteroatoms. The molecule has 0 aromatic rings. The number of nitrogens with zero attached hydrogens (tertiary/aromatic N) is 2. The Morgan fingerprint density at radius 2 is 1.88 bits per heavy atom. The molecule has 1 aliphatic carbocycles. The lowest BCUT2D eigenvalue weighted by Crippen LogP contribution is -2.57. The van der Waals surface area contributed by atoms with E-state index in [-0.39, 0.29) is 35.5 Å². The Balaban J connectivity index is 1.64. The lowest BCUT2D eigenvalue weighted by Gasteiger charge is -2.48. The molecule has 0 radical (unpaired) electrons. The fraction of sp³-hybridized carbons (Fsp3) is 0.944. The van der Waals surface area contributed by atoms with Gasteiger partial charge in [-0.25, -0.2) is 13.2 Å². The number of carbonyl (C=O) groups is 1. The topological polar surface area (TPSA) is 79.0 Å². The predicted octanol–water partition coefficient (Wildman–Crippen LogP) is 1.93. The van der Waals surface area contributed by atoms with Crippen molar-refractivity contribution in [2.45, 2.75) is 83.0 Å². The van der Waals surface area contributed by atoms with Crippen LogP contribution in [0.4, 0.5) is 4.79 Å². The molecular formula is C18H33N3O4S. The average Bonchev–Trinajstić information content (AvgIpc) is 3.39. The molecule has 1 unspecified atom stereocenters. The highest BCUT2D eigenvalue weighted by atomic mass is 32.2. The van der Waals surface area contributed by atoms with Crippen molar-refractivity contribution in [2.24, 2.45) is 0 Å². The summed E-state index contributed by atoms with van der Waals surface area (Å²) < 4.78 is 33.2. The fourth-order valence-corrected chi connectivity index (χ4v) is 5.85. The number of nitrogens with one attached hydrogen (secondary N) is 1. The van der Waals surface area contributed by atoms with Gasteiger partial charge < -0.3 is 15.0 Å². The molecule has 1 saturated carbocycles. The van der Waals surface area contributed by atoms with Crippen molar-refractivity contribution in [2.75, 3.05) is 25.4 Å². The largest absolute Gasteiger partial charge is 0.375 e. The van der Waals surface area contributed by atoms with Crippen molar-refractivity contribution in [1.82, 2.24) is 14.5 Å². The van der Waals surface area contributed by atoms with Gasteiger partial charge in [0.2, 0.25) is 10.0 Å². The molecule has 0 bridgehead atoms. The van der Waals surface area contributed by atoms with Gasteiger partial charge in [-0.1, -0.05) is 0 Å². The zero-order valence-electron chi connectivity index (χ0n) is 16.2. The lowest BCUT2D eigenvalue weighted by molar-refractivity contribution is -0.122. The Kier molecular flexibility index (Phi) is 5.84. The number of rotatable bonds is 5. The van der Waals surface area contributed by atoms with Gasteiger partial charge >= 0.3 is 6.03 Å². The monoisotopic (exact) mass is 387 g/mol. The van der Waals surface area contributed by atoms with E-state index in [1.165, 1.54) is 0 Å². The first-order chi connectivity index (χ1) is 12.3. The highest BCUT2D eigenvalue weighted by Crippen LogP contribution is 2.41. The number of hydrogen-bond acceptors (Lipinski definition) is 4. The highest BCUT2D eigenvalue weighted by Gasteiger charge is 2.48. The maximum atomic E-state index is 12.6. The first kappa shape index (κ1) is 19.9. The van der Waals surface area contributed by atoms with Crippen LogP contribution in [0.1, 0.15) is 59.3 Å². The lowest BCUT2D eigenvalue weighted by atomic mass is 9.82. The summed E-state index contributed by atoms with van der Waals surface area (Å²) in [7, 11) is -3.19. The molecule has 2 saturated heterocycles. The summed E-state index contributed by atoms with van der Waals surface area (Å²) in [5.41, 5.74) is -0.284. The van der Waals surface area contributed by atoms with Crippen molar-refractivity contribution >= 4 is 16.1 Å². The minimum atomic E-state index is -3.19. The van der Waals surface area contributed by atoms with E-state index in [2.05, 4.69) is 5.32 Å². The summed E-state index contributed by atoms with van der Waals surface area (Å²) in [5.74, 6) is 0.164. The molecule has 26 heavy (non-hydrogen) atoms. The Morgan fingerprint density at radius 1 is 1.23 bits per heavy atom. The molecule has 1 spiro atoms. The number of amides is 2. The van der Waals surface area contributed by atoms with Crippen LogP contribution in [0.25, 0.3) is 0 Å². The summed E-state index contributed by atoms with van der Waals surface area (Å²) in [5, 5.41) is 2.94. The molecule has 3 aliphatic rings. The molecule has 1 N–H and O–H groups in total. The maximum absolute atomic E-state index is 12.6. The number of sulfonamides is 1. The van der Waals surface area contributed by atoms with Gasteiger partial charge in [0.05, 0.1) is 11.4 Å². The second-order valence-electron chi connectivity index (χ2n) is 8.23. The Labute approximate surface area is 157 Å². The van der Waals surface area contributed by atoms with Crippen LogP contribution < -0.4 is 5.32 Å². The molecular weight excluding hydrogens is 354 g/mol. The summed E-state index contributed by atoms with van der Waals surface area (Å²) in [4.78, 5) is 14.1. The van der Waals surface area contributed by atoms with Crippen LogP contribution in [0.3, 0.4) is 0 Å². The zero-order chi connectivity index (χ0) is 18.9. The van der Waals surface area contributed by atoms with Crippen LogP contribution in [-0.4, -0.2) is 72.8 Å². The Hall–Kier alpha value is -0.860. The second kappa shape index (κ2) is 7.64.